The van der Waals surface area contributed by atoms with E-state index in [4.69, 9.17) is 21.1 Å². The first-order valence-corrected chi connectivity index (χ1v) is 7.07. The van der Waals surface area contributed by atoms with Crippen LogP contribution in [0.4, 0.5) is 5.69 Å². The molecule has 4 nitrogen and oxygen atoms in total. The molecule has 1 fully saturated rings. The largest absolute Gasteiger partial charge is 0.454 e. The zero-order chi connectivity index (χ0) is 13.4. The highest BCUT2D eigenvalue weighted by Gasteiger charge is 2.24. The summed E-state index contributed by atoms with van der Waals surface area (Å²) in [5, 5.41) is 4.23. The quantitative estimate of drug-likeness (QED) is 0.904. The van der Waals surface area contributed by atoms with Crippen LogP contribution in [0.2, 0.25) is 5.02 Å². The molecule has 19 heavy (non-hydrogen) atoms. The van der Waals surface area contributed by atoms with Crippen molar-refractivity contribution in [2.45, 2.75) is 31.8 Å². The molecule has 2 unspecified atom stereocenters. The molecule has 1 aromatic carbocycles. The van der Waals surface area contributed by atoms with Gasteiger partial charge in [0.1, 0.15) is 0 Å². The predicted molar refractivity (Wildman–Crippen MR) is 76.3 cm³/mol. The highest BCUT2D eigenvalue weighted by atomic mass is 35.5. The van der Waals surface area contributed by atoms with Crippen LogP contribution in [0.1, 0.15) is 19.8 Å². The van der Waals surface area contributed by atoms with Crippen LogP contribution in [0.25, 0.3) is 0 Å². The lowest BCUT2D eigenvalue weighted by Crippen LogP contribution is -2.42. The summed E-state index contributed by atoms with van der Waals surface area (Å²) in [5.74, 6) is 1.50. The average molecular weight is 283 g/mol. The molecule has 2 aliphatic heterocycles. The third kappa shape index (κ3) is 2.60. The van der Waals surface area contributed by atoms with E-state index in [0.29, 0.717) is 17.1 Å². The van der Waals surface area contributed by atoms with Crippen LogP contribution in [0.15, 0.2) is 12.1 Å². The van der Waals surface area contributed by atoms with Crippen LogP contribution in [0.3, 0.4) is 0 Å². The van der Waals surface area contributed by atoms with Gasteiger partial charge >= 0.3 is 0 Å². The summed E-state index contributed by atoms with van der Waals surface area (Å²) in [6.07, 6.45) is 2.26. The number of ether oxygens (including phenoxy) is 2. The molecule has 5 heteroatoms. The molecule has 0 amide bonds. The van der Waals surface area contributed by atoms with E-state index in [1.54, 1.807) is 0 Å². The number of benzene rings is 1. The van der Waals surface area contributed by atoms with Crippen LogP contribution >= 0.6 is 11.6 Å². The molecular weight excluding hydrogens is 264 g/mol. The van der Waals surface area contributed by atoms with Gasteiger partial charge in [0.25, 0.3) is 0 Å². The highest BCUT2D eigenvalue weighted by Crippen LogP contribution is 2.39. The maximum absolute atomic E-state index is 6.28. The first-order chi connectivity index (χ1) is 9.13. The predicted octanol–water partition coefficient (Wildman–Crippen LogP) is 2.96. The highest BCUT2D eigenvalue weighted by molar-refractivity contribution is 6.33. The van der Waals surface area contributed by atoms with Crippen LogP contribution < -0.4 is 14.8 Å². The van der Waals surface area contributed by atoms with E-state index in [1.165, 1.54) is 0 Å². The summed E-state index contributed by atoms with van der Waals surface area (Å²) in [7, 11) is 2.18. The van der Waals surface area contributed by atoms with E-state index in [0.717, 1.165) is 36.6 Å². The topological polar surface area (TPSA) is 33.7 Å². The Labute approximate surface area is 118 Å². The number of hydrogen-bond donors (Lipinski definition) is 1. The standard InChI is InChI=1S/C14H19ClN2O2/c1-9-5-10(3-4-17(9)2)16-12-7-14-13(6-11(12)15)18-8-19-14/h6-7,9-10,16H,3-5,8H2,1-2H3. The van der Waals surface area contributed by atoms with Crippen molar-refractivity contribution in [3.05, 3.63) is 17.2 Å². The van der Waals surface area contributed by atoms with Gasteiger partial charge in [0.15, 0.2) is 11.5 Å². The Morgan fingerprint density at radius 1 is 1.32 bits per heavy atom. The summed E-state index contributed by atoms with van der Waals surface area (Å²) in [4.78, 5) is 2.39. The third-order valence-electron chi connectivity index (χ3n) is 4.03. The Kier molecular flexibility index (Phi) is 3.46. The van der Waals surface area contributed by atoms with Crippen LogP contribution in [0.5, 0.6) is 11.5 Å². The second kappa shape index (κ2) is 5.10. The lowest BCUT2D eigenvalue weighted by molar-refractivity contribution is 0.174. The second-order valence-corrected chi connectivity index (χ2v) is 5.79. The number of rotatable bonds is 2. The summed E-state index contributed by atoms with van der Waals surface area (Å²) in [6.45, 7) is 3.65. The summed E-state index contributed by atoms with van der Waals surface area (Å²) in [5.41, 5.74) is 0.938. The van der Waals surface area contributed by atoms with Gasteiger partial charge in [-0.05, 0) is 26.8 Å². The zero-order valence-electron chi connectivity index (χ0n) is 11.3. The molecule has 3 rings (SSSR count). The van der Waals surface area contributed by atoms with Gasteiger partial charge in [-0.1, -0.05) is 11.6 Å². The van der Waals surface area contributed by atoms with E-state index >= 15 is 0 Å². The summed E-state index contributed by atoms with van der Waals surface area (Å²) >= 11 is 6.28. The van der Waals surface area contributed by atoms with Gasteiger partial charge in [0.2, 0.25) is 6.79 Å². The Bertz CT molecular complexity index is 481. The van der Waals surface area contributed by atoms with Crippen molar-refractivity contribution >= 4 is 17.3 Å². The Hall–Kier alpha value is -1.13. The molecule has 0 spiro atoms. The minimum Gasteiger partial charge on any atom is -0.454 e. The number of nitrogens with one attached hydrogen (secondary N) is 1. The van der Waals surface area contributed by atoms with Gasteiger partial charge in [-0.25, -0.2) is 0 Å². The van der Waals surface area contributed by atoms with Gasteiger partial charge in [-0.2, -0.15) is 0 Å². The van der Waals surface area contributed by atoms with Gasteiger partial charge in [-0.15, -0.1) is 0 Å². The molecule has 0 aliphatic carbocycles. The lowest BCUT2D eigenvalue weighted by Gasteiger charge is -2.35. The summed E-state index contributed by atoms with van der Waals surface area (Å²) < 4.78 is 10.7. The van der Waals surface area contributed by atoms with Crippen molar-refractivity contribution in [1.82, 2.24) is 4.90 Å². The first-order valence-electron chi connectivity index (χ1n) is 6.69. The van der Waals surface area contributed by atoms with Crippen molar-refractivity contribution < 1.29 is 9.47 Å². The number of piperidine rings is 1. The minimum atomic E-state index is 0.278. The molecule has 2 aliphatic rings. The van der Waals surface area contributed by atoms with Crippen molar-refractivity contribution in [2.24, 2.45) is 0 Å². The maximum atomic E-state index is 6.28. The van der Waals surface area contributed by atoms with Crippen molar-refractivity contribution in [3.8, 4) is 11.5 Å². The number of likely N-dealkylation sites (tertiary alicyclic amines) is 1. The average Bonchev–Trinajstić information content (AvgIpc) is 2.81. The minimum absolute atomic E-state index is 0.278. The van der Waals surface area contributed by atoms with E-state index in [9.17, 15) is 0 Å². The van der Waals surface area contributed by atoms with Gasteiger partial charge in [-0.3, -0.25) is 0 Å². The third-order valence-corrected chi connectivity index (χ3v) is 4.34. The molecule has 2 heterocycles. The van der Waals surface area contributed by atoms with E-state index < -0.39 is 0 Å². The fourth-order valence-corrected chi connectivity index (χ4v) is 2.88. The lowest BCUT2D eigenvalue weighted by atomic mass is 9.98. The summed E-state index contributed by atoms with van der Waals surface area (Å²) in [6, 6.07) is 4.82. The molecule has 1 saturated heterocycles. The van der Waals surface area contributed by atoms with Crippen LogP contribution in [-0.2, 0) is 0 Å². The Balaban J connectivity index is 1.73. The molecule has 0 radical (unpaired) electrons. The Morgan fingerprint density at radius 2 is 2.05 bits per heavy atom. The van der Waals surface area contributed by atoms with Crippen molar-refractivity contribution in [3.63, 3.8) is 0 Å². The number of halogens is 1. The molecule has 2 atom stereocenters. The van der Waals surface area contributed by atoms with Crippen molar-refractivity contribution in [1.29, 1.82) is 0 Å². The number of nitrogens with zero attached hydrogens (tertiary/aromatic N) is 1. The van der Waals surface area contributed by atoms with E-state index in [1.807, 2.05) is 12.1 Å². The number of anilines is 1. The van der Waals surface area contributed by atoms with Crippen molar-refractivity contribution in [2.75, 3.05) is 25.7 Å². The SMILES string of the molecule is CC1CC(Nc2cc3c(cc2Cl)OCO3)CCN1C. The fraction of sp³-hybridized carbons (Fsp3) is 0.571. The van der Waals surface area contributed by atoms with Crippen LogP contribution in [-0.4, -0.2) is 37.4 Å². The van der Waals surface area contributed by atoms with E-state index in [2.05, 4.69) is 24.2 Å². The zero-order valence-corrected chi connectivity index (χ0v) is 12.0. The first kappa shape index (κ1) is 12.9. The smallest absolute Gasteiger partial charge is 0.231 e. The molecule has 1 aromatic rings. The number of fused-ring (bicyclic) bond motifs is 1. The molecular formula is C14H19ClN2O2. The number of hydrogen-bond acceptors (Lipinski definition) is 4. The van der Waals surface area contributed by atoms with E-state index in [-0.39, 0.29) is 6.79 Å². The second-order valence-electron chi connectivity index (χ2n) is 5.38. The van der Waals surface area contributed by atoms with Gasteiger partial charge in [0.05, 0.1) is 10.7 Å². The molecule has 0 saturated carbocycles. The molecule has 1 N–H and O–H groups in total. The Morgan fingerprint density at radius 3 is 2.79 bits per heavy atom. The monoisotopic (exact) mass is 282 g/mol. The maximum Gasteiger partial charge on any atom is 0.231 e. The molecule has 104 valence electrons. The van der Waals surface area contributed by atoms with Gasteiger partial charge < -0.3 is 19.7 Å². The fourth-order valence-electron chi connectivity index (χ4n) is 2.67. The molecule has 0 bridgehead atoms. The molecule has 0 aromatic heterocycles. The normalized spacial score (nSPS) is 26.5. The van der Waals surface area contributed by atoms with Crippen LogP contribution in [0, 0.1) is 0 Å². The van der Waals surface area contributed by atoms with Gasteiger partial charge in [0, 0.05) is 30.8 Å².